The largest absolute Gasteiger partial charge is 0.494 e. The minimum Gasteiger partial charge on any atom is -0.494 e. The third-order valence-corrected chi connectivity index (χ3v) is 5.49. The van der Waals surface area contributed by atoms with Crippen LogP contribution >= 0.6 is 0 Å². The summed E-state index contributed by atoms with van der Waals surface area (Å²) in [7, 11) is 2.80. The van der Waals surface area contributed by atoms with Crippen LogP contribution < -0.4 is 21.5 Å². The molecule has 3 aromatic heterocycles. The van der Waals surface area contributed by atoms with Gasteiger partial charge < -0.3 is 9.84 Å². The number of hydrogen-bond acceptors (Lipinski definition) is 7. The van der Waals surface area contributed by atoms with Crippen molar-refractivity contribution in [2.45, 2.75) is 33.2 Å². The molecule has 0 saturated heterocycles. The number of imidazole rings is 1. The van der Waals surface area contributed by atoms with Crippen LogP contribution in [0.3, 0.4) is 0 Å². The Morgan fingerprint density at radius 1 is 1.06 bits per heavy atom. The van der Waals surface area contributed by atoms with Crippen molar-refractivity contribution in [3.63, 3.8) is 0 Å². The summed E-state index contributed by atoms with van der Waals surface area (Å²) in [5.74, 6) is -0.287. The maximum Gasteiger partial charge on any atom is 0.332 e. The molecule has 172 valence electrons. The van der Waals surface area contributed by atoms with Gasteiger partial charge in [0.2, 0.25) is 11.7 Å². The average molecular weight is 453 g/mol. The lowest BCUT2D eigenvalue weighted by molar-refractivity contribution is -0.131. The smallest absolute Gasteiger partial charge is 0.332 e. The van der Waals surface area contributed by atoms with Crippen LogP contribution in [0, 0.1) is 0 Å². The molecule has 0 aliphatic carbocycles. The van der Waals surface area contributed by atoms with Crippen LogP contribution in [-0.2, 0) is 31.9 Å². The van der Waals surface area contributed by atoms with Gasteiger partial charge in [-0.05, 0) is 24.1 Å². The minimum absolute atomic E-state index is 0.0316. The van der Waals surface area contributed by atoms with Crippen LogP contribution in [0.1, 0.15) is 31.4 Å². The third-order valence-electron chi connectivity index (χ3n) is 5.49. The van der Waals surface area contributed by atoms with Crippen molar-refractivity contribution >= 4 is 22.9 Å². The molecule has 0 atom stereocenters. The number of hydrogen-bond donors (Lipinski definition) is 1. The highest BCUT2D eigenvalue weighted by molar-refractivity contribution is 5.75. The lowest BCUT2D eigenvalue weighted by atomic mass is 10.1. The van der Waals surface area contributed by atoms with Crippen LogP contribution in [0.15, 0.2) is 38.6 Å². The van der Waals surface area contributed by atoms with E-state index >= 15 is 0 Å². The van der Waals surface area contributed by atoms with Crippen molar-refractivity contribution in [2.75, 3.05) is 0 Å². The molecule has 0 fully saturated rings. The predicted molar refractivity (Wildman–Crippen MR) is 120 cm³/mol. The van der Waals surface area contributed by atoms with Crippen LogP contribution in [0.4, 0.5) is 0 Å². The monoisotopic (exact) mass is 453 g/mol. The molecule has 11 heteroatoms. The molecule has 1 aromatic carbocycles. The number of fused-ring (bicyclic) bond motifs is 3. The molecule has 0 amide bonds. The van der Waals surface area contributed by atoms with E-state index in [4.69, 9.17) is 4.74 Å². The number of aryl methyl sites for hydroxylation is 1. The van der Waals surface area contributed by atoms with Gasteiger partial charge in [0.25, 0.3) is 11.1 Å². The number of aromatic hydroxyl groups is 1. The zero-order chi connectivity index (χ0) is 24.0. The second kappa shape index (κ2) is 8.08. The summed E-state index contributed by atoms with van der Waals surface area (Å²) in [5.41, 5.74) is -0.885. The molecular formula is C22H23N5O6. The SMILES string of the molecule is CCCc1c(O)n(Cc2ccc(OC(C)=O)cc2)c2nc3c(c(=O)n(C)c(=O)n3C)n2c1=O. The molecule has 0 spiro atoms. The molecule has 0 aliphatic heterocycles. The topological polar surface area (TPSA) is 130 Å². The number of esters is 1. The van der Waals surface area contributed by atoms with Gasteiger partial charge in [0.05, 0.1) is 12.1 Å². The molecule has 4 rings (SSSR count). The van der Waals surface area contributed by atoms with E-state index in [0.29, 0.717) is 12.2 Å². The fraction of sp³-hybridized carbons (Fsp3) is 0.318. The van der Waals surface area contributed by atoms with Gasteiger partial charge in [-0.2, -0.15) is 4.98 Å². The summed E-state index contributed by atoms with van der Waals surface area (Å²) < 4.78 is 9.75. The van der Waals surface area contributed by atoms with Crippen molar-refractivity contribution in [3.05, 3.63) is 66.6 Å². The number of ether oxygens (including phenoxy) is 1. The Kier molecular flexibility index (Phi) is 5.40. The fourth-order valence-electron chi connectivity index (χ4n) is 3.87. The number of rotatable bonds is 5. The Labute approximate surface area is 186 Å². The maximum atomic E-state index is 13.3. The first-order valence-corrected chi connectivity index (χ1v) is 10.4. The Morgan fingerprint density at radius 2 is 1.73 bits per heavy atom. The van der Waals surface area contributed by atoms with Gasteiger partial charge in [0.15, 0.2) is 11.2 Å². The van der Waals surface area contributed by atoms with Crippen LogP contribution in [-0.4, -0.2) is 34.2 Å². The number of nitrogens with zero attached hydrogens (tertiary/aromatic N) is 5. The highest BCUT2D eigenvalue weighted by Crippen LogP contribution is 2.23. The van der Waals surface area contributed by atoms with Gasteiger partial charge in [-0.15, -0.1) is 0 Å². The van der Waals surface area contributed by atoms with Gasteiger partial charge in [0, 0.05) is 21.0 Å². The summed E-state index contributed by atoms with van der Waals surface area (Å²) in [6.07, 6.45) is 0.881. The Hall–Kier alpha value is -4.15. The van der Waals surface area contributed by atoms with E-state index in [1.54, 1.807) is 24.3 Å². The van der Waals surface area contributed by atoms with E-state index in [-0.39, 0.29) is 41.4 Å². The average Bonchev–Trinajstić information content (AvgIpc) is 3.18. The van der Waals surface area contributed by atoms with Gasteiger partial charge in [0.1, 0.15) is 5.75 Å². The molecule has 0 saturated carbocycles. The van der Waals surface area contributed by atoms with Crippen molar-refractivity contribution in [2.24, 2.45) is 14.1 Å². The number of carbonyl (C=O) groups excluding carboxylic acids is 1. The first kappa shape index (κ1) is 22.1. The number of benzene rings is 1. The van der Waals surface area contributed by atoms with Crippen molar-refractivity contribution < 1.29 is 14.6 Å². The quantitative estimate of drug-likeness (QED) is 0.347. The molecule has 0 radical (unpaired) electrons. The Bertz CT molecular complexity index is 1590. The van der Waals surface area contributed by atoms with E-state index < -0.39 is 22.8 Å². The molecule has 33 heavy (non-hydrogen) atoms. The second-order valence-corrected chi connectivity index (χ2v) is 7.81. The standard InChI is InChI=1S/C22H23N5O6/c1-5-6-15-18(29)26(11-13-7-9-14(10-8-13)33-12(2)28)21-23-17-16(27(21)19(15)30)20(31)25(4)22(32)24(17)3/h7-10,29H,5-6,11H2,1-4H3. The molecule has 4 aromatic rings. The van der Waals surface area contributed by atoms with Crippen LogP contribution in [0.2, 0.25) is 0 Å². The summed E-state index contributed by atoms with van der Waals surface area (Å²) in [6.45, 7) is 3.29. The molecule has 0 unspecified atom stereocenters. The first-order valence-electron chi connectivity index (χ1n) is 10.4. The Morgan fingerprint density at radius 3 is 2.33 bits per heavy atom. The maximum absolute atomic E-state index is 13.3. The molecule has 1 N–H and O–H groups in total. The zero-order valence-corrected chi connectivity index (χ0v) is 18.7. The lowest BCUT2D eigenvalue weighted by Crippen LogP contribution is -2.38. The van der Waals surface area contributed by atoms with E-state index in [9.17, 15) is 24.3 Å². The van der Waals surface area contributed by atoms with Gasteiger partial charge in [-0.25, -0.2) is 9.20 Å². The summed E-state index contributed by atoms with van der Waals surface area (Å²) in [5, 5.41) is 11.0. The van der Waals surface area contributed by atoms with Gasteiger partial charge in [-0.3, -0.25) is 28.1 Å². The molecular weight excluding hydrogens is 430 g/mol. The van der Waals surface area contributed by atoms with E-state index in [0.717, 1.165) is 14.5 Å². The van der Waals surface area contributed by atoms with Gasteiger partial charge in [-0.1, -0.05) is 25.5 Å². The molecule has 11 nitrogen and oxygen atoms in total. The molecule has 0 bridgehead atoms. The van der Waals surface area contributed by atoms with E-state index in [1.807, 2.05) is 6.92 Å². The van der Waals surface area contributed by atoms with E-state index in [1.165, 1.54) is 30.2 Å². The van der Waals surface area contributed by atoms with Crippen LogP contribution in [0.5, 0.6) is 11.6 Å². The van der Waals surface area contributed by atoms with Gasteiger partial charge >= 0.3 is 11.7 Å². The third kappa shape index (κ3) is 3.51. The second-order valence-electron chi connectivity index (χ2n) is 7.81. The lowest BCUT2D eigenvalue weighted by Gasteiger charge is -2.14. The number of aromatic nitrogens is 5. The summed E-state index contributed by atoms with van der Waals surface area (Å²) >= 11 is 0. The zero-order valence-electron chi connectivity index (χ0n) is 18.7. The van der Waals surface area contributed by atoms with Crippen LogP contribution in [0.25, 0.3) is 16.9 Å². The van der Waals surface area contributed by atoms with E-state index in [2.05, 4.69) is 4.98 Å². The Balaban J connectivity index is 2.03. The normalized spacial score (nSPS) is 11.4. The van der Waals surface area contributed by atoms with Crippen molar-refractivity contribution in [3.8, 4) is 11.6 Å². The van der Waals surface area contributed by atoms with Crippen molar-refractivity contribution in [1.82, 2.24) is 23.1 Å². The first-order chi connectivity index (χ1) is 15.6. The summed E-state index contributed by atoms with van der Waals surface area (Å²) in [4.78, 5) is 54.1. The molecule has 0 aliphatic rings. The fourth-order valence-corrected chi connectivity index (χ4v) is 3.87. The number of carbonyl (C=O) groups is 1. The highest BCUT2D eigenvalue weighted by atomic mass is 16.5. The highest BCUT2D eigenvalue weighted by Gasteiger charge is 2.23. The molecule has 3 heterocycles. The van der Waals surface area contributed by atoms with Crippen molar-refractivity contribution in [1.29, 1.82) is 0 Å². The predicted octanol–water partition coefficient (Wildman–Crippen LogP) is 0.678. The minimum atomic E-state index is -0.650. The summed E-state index contributed by atoms with van der Waals surface area (Å²) in [6, 6.07) is 6.65.